The first-order valence-electron chi connectivity index (χ1n) is 5.89. The van der Waals surface area contributed by atoms with Crippen molar-refractivity contribution in [1.82, 2.24) is 14.5 Å². The van der Waals surface area contributed by atoms with Crippen LogP contribution >= 0.6 is 0 Å². The Morgan fingerprint density at radius 2 is 2.06 bits per heavy atom. The van der Waals surface area contributed by atoms with Gasteiger partial charge in [-0.15, -0.1) is 0 Å². The zero-order valence-electron chi connectivity index (χ0n) is 10.1. The molecule has 0 saturated carbocycles. The van der Waals surface area contributed by atoms with E-state index < -0.39 is 0 Å². The van der Waals surface area contributed by atoms with Gasteiger partial charge in [-0.05, 0) is 19.1 Å². The monoisotopic (exact) mass is 238 g/mol. The van der Waals surface area contributed by atoms with Crippen molar-refractivity contribution in [2.45, 2.75) is 13.0 Å². The van der Waals surface area contributed by atoms with Gasteiger partial charge >= 0.3 is 0 Å². The summed E-state index contributed by atoms with van der Waals surface area (Å²) in [7, 11) is 0. The number of pyridine rings is 1. The fourth-order valence-electron chi connectivity index (χ4n) is 2.05. The summed E-state index contributed by atoms with van der Waals surface area (Å²) in [6, 6.07) is 10.1. The Morgan fingerprint density at radius 3 is 2.89 bits per heavy atom. The summed E-state index contributed by atoms with van der Waals surface area (Å²) >= 11 is 0. The highest BCUT2D eigenvalue weighted by atomic mass is 15.1. The maximum Gasteiger partial charge on any atom is 0.0995 e. The van der Waals surface area contributed by atoms with Crippen molar-refractivity contribution < 1.29 is 0 Å². The van der Waals surface area contributed by atoms with Gasteiger partial charge in [-0.3, -0.25) is 4.98 Å². The number of hydrogen-bond acceptors (Lipinski definition) is 3. The predicted octanol–water partition coefficient (Wildman–Crippen LogP) is 2.44. The molecule has 4 heteroatoms. The number of para-hydroxylation sites is 1. The van der Waals surface area contributed by atoms with Crippen molar-refractivity contribution in [2.75, 3.05) is 0 Å². The van der Waals surface area contributed by atoms with Crippen LogP contribution in [0.5, 0.6) is 0 Å². The summed E-state index contributed by atoms with van der Waals surface area (Å²) in [6.07, 6.45) is 5.40. The third-order valence-electron chi connectivity index (χ3n) is 2.99. The molecule has 0 aliphatic carbocycles. The van der Waals surface area contributed by atoms with Gasteiger partial charge < -0.3 is 10.3 Å². The number of benzene rings is 1. The van der Waals surface area contributed by atoms with E-state index in [4.69, 9.17) is 5.73 Å². The number of hydrogen-bond donors (Lipinski definition) is 1. The molecule has 0 aliphatic rings. The molecule has 0 spiro atoms. The molecule has 0 bridgehead atoms. The molecule has 2 heterocycles. The maximum atomic E-state index is 5.93. The van der Waals surface area contributed by atoms with E-state index in [-0.39, 0.29) is 6.04 Å². The standard InChI is InChI=1S/C14H14N4/c1-10(15)14-8-16-9-18(14)12-6-11-4-2-3-5-13(11)17-7-12/h2-10H,15H2,1H3/t10-/m1/s1. The van der Waals surface area contributed by atoms with E-state index in [1.807, 2.05) is 42.0 Å². The van der Waals surface area contributed by atoms with E-state index in [9.17, 15) is 0 Å². The fraction of sp³-hybridized carbons (Fsp3) is 0.143. The first kappa shape index (κ1) is 10.9. The van der Waals surface area contributed by atoms with E-state index in [1.54, 1.807) is 12.5 Å². The van der Waals surface area contributed by atoms with Crippen molar-refractivity contribution in [3.8, 4) is 5.69 Å². The van der Waals surface area contributed by atoms with Gasteiger partial charge in [0.25, 0.3) is 0 Å². The Bertz CT molecular complexity index is 685. The molecule has 0 fully saturated rings. The van der Waals surface area contributed by atoms with E-state index >= 15 is 0 Å². The van der Waals surface area contributed by atoms with Gasteiger partial charge in [0.1, 0.15) is 0 Å². The van der Waals surface area contributed by atoms with E-state index in [1.165, 1.54) is 0 Å². The summed E-state index contributed by atoms with van der Waals surface area (Å²) in [5, 5.41) is 1.11. The molecular formula is C14H14N4. The van der Waals surface area contributed by atoms with E-state index in [0.29, 0.717) is 0 Å². The number of nitrogens with zero attached hydrogens (tertiary/aromatic N) is 3. The second-order valence-electron chi connectivity index (χ2n) is 4.36. The number of nitrogens with two attached hydrogens (primary N) is 1. The first-order chi connectivity index (χ1) is 8.75. The van der Waals surface area contributed by atoms with Crippen LogP contribution < -0.4 is 5.73 Å². The maximum absolute atomic E-state index is 5.93. The average molecular weight is 238 g/mol. The van der Waals surface area contributed by atoms with Gasteiger partial charge in [-0.1, -0.05) is 18.2 Å². The lowest BCUT2D eigenvalue weighted by molar-refractivity contribution is 0.752. The lowest BCUT2D eigenvalue weighted by atomic mass is 10.2. The molecule has 2 aromatic heterocycles. The molecule has 0 unspecified atom stereocenters. The third kappa shape index (κ3) is 1.76. The second kappa shape index (κ2) is 4.23. The van der Waals surface area contributed by atoms with E-state index in [2.05, 4.69) is 16.0 Å². The van der Waals surface area contributed by atoms with Crippen LogP contribution in [0, 0.1) is 0 Å². The number of rotatable bonds is 2. The Hall–Kier alpha value is -2.20. The number of imidazole rings is 1. The molecule has 0 saturated heterocycles. The van der Waals surface area contributed by atoms with Crippen LogP contribution in [0.3, 0.4) is 0 Å². The van der Waals surface area contributed by atoms with Gasteiger partial charge in [0, 0.05) is 11.4 Å². The molecule has 1 aromatic carbocycles. The SMILES string of the molecule is C[C@@H](N)c1cncn1-c1cnc2ccccc2c1. The van der Waals surface area contributed by atoms with Crippen LogP contribution in [0.15, 0.2) is 49.1 Å². The minimum absolute atomic E-state index is 0.0565. The zero-order chi connectivity index (χ0) is 12.5. The van der Waals surface area contributed by atoms with Gasteiger partial charge in [-0.25, -0.2) is 4.98 Å². The van der Waals surface area contributed by atoms with Crippen LogP contribution in [0.25, 0.3) is 16.6 Å². The van der Waals surface area contributed by atoms with E-state index in [0.717, 1.165) is 22.3 Å². The smallest absolute Gasteiger partial charge is 0.0995 e. The highest BCUT2D eigenvalue weighted by molar-refractivity contribution is 5.80. The predicted molar refractivity (Wildman–Crippen MR) is 71.5 cm³/mol. The van der Waals surface area contributed by atoms with Gasteiger partial charge in [-0.2, -0.15) is 0 Å². The average Bonchev–Trinajstić information content (AvgIpc) is 2.87. The molecule has 18 heavy (non-hydrogen) atoms. The molecule has 3 aromatic rings. The lowest BCUT2D eigenvalue weighted by Gasteiger charge is -2.11. The second-order valence-corrected chi connectivity index (χ2v) is 4.36. The van der Waals surface area contributed by atoms with Crippen molar-refractivity contribution in [2.24, 2.45) is 5.73 Å². The molecule has 0 amide bonds. The quantitative estimate of drug-likeness (QED) is 0.746. The highest BCUT2D eigenvalue weighted by Gasteiger charge is 2.08. The minimum Gasteiger partial charge on any atom is -0.323 e. The van der Waals surface area contributed by atoms with Crippen LogP contribution in [-0.2, 0) is 0 Å². The van der Waals surface area contributed by atoms with Gasteiger partial charge in [0.2, 0.25) is 0 Å². The Balaban J connectivity index is 2.16. The topological polar surface area (TPSA) is 56.7 Å². The molecule has 90 valence electrons. The Morgan fingerprint density at radius 1 is 1.22 bits per heavy atom. The first-order valence-corrected chi connectivity index (χ1v) is 5.89. The summed E-state index contributed by atoms with van der Waals surface area (Å²) in [6.45, 7) is 1.95. The molecular weight excluding hydrogens is 224 g/mol. The Kier molecular flexibility index (Phi) is 2.57. The van der Waals surface area contributed by atoms with Crippen LogP contribution in [0.1, 0.15) is 18.7 Å². The summed E-state index contributed by atoms with van der Waals surface area (Å²) in [4.78, 5) is 8.60. The van der Waals surface area contributed by atoms with Gasteiger partial charge in [0.15, 0.2) is 0 Å². The van der Waals surface area contributed by atoms with Crippen molar-refractivity contribution >= 4 is 10.9 Å². The van der Waals surface area contributed by atoms with Crippen molar-refractivity contribution in [1.29, 1.82) is 0 Å². The zero-order valence-corrected chi connectivity index (χ0v) is 10.1. The molecule has 1 atom stereocenters. The molecule has 0 radical (unpaired) electrons. The third-order valence-corrected chi connectivity index (χ3v) is 2.99. The van der Waals surface area contributed by atoms with Crippen LogP contribution in [0.4, 0.5) is 0 Å². The summed E-state index contributed by atoms with van der Waals surface area (Å²) in [5.41, 5.74) is 8.88. The molecule has 4 nitrogen and oxygen atoms in total. The number of aromatic nitrogens is 3. The molecule has 0 aliphatic heterocycles. The fourth-order valence-corrected chi connectivity index (χ4v) is 2.05. The molecule has 3 rings (SSSR count). The Labute approximate surface area is 105 Å². The minimum atomic E-state index is -0.0565. The number of fused-ring (bicyclic) bond motifs is 1. The summed E-state index contributed by atoms with van der Waals surface area (Å²) in [5.74, 6) is 0. The lowest BCUT2D eigenvalue weighted by Crippen LogP contribution is -2.10. The largest absolute Gasteiger partial charge is 0.323 e. The normalized spacial score (nSPS) is 12.8. The van der Waals surface area contributed by atoms with Crippen molar-refractivity contribution in [3.63, 3.8) is 0 Å². The highest BCUT2D eigenvalue weighted by Crippen LogP contribution is 2.19. The van der Waals surface area contributed by atoms with Gasteiger partial charge in [0.05, 0.1) is 35.6 Å². The summed E-state index contributed by atoms with van der Waals surface area (Å²) < 4.78 is 1.98. The van der Waals surface area contributed by atoms with Crippen LogP contribution in [-0.4, -0.2) is 14.5 Å². The molecule has 2 N–H and O–H groups in total. The van der Waals surface area contributed by atoms with Crippen LogP contribution in [0.2, 0.25) is 0 Å². The van der Waals surface area contributed by atoms with Crippen molar-refractivity contribution in [3.05, 3.63) is 54.7 Å².